The van der Waals surface area contributed by atoms with Gasteiger partial charge in [-0.1, -0.05) is 0 Å². The largest absolute Gasteiger partial charge is 0.480 e. The summed E-state index contributed by atoms with van der Waals surface area (Å²) >= 11 is 1.40. The molecule has 1 fully saturated rings. The number of hydrogen-bond acceptors (Lipinski definition) is 5. The quantitative estimate of drug-likeness (QED) is 0.833. The van der Waals surface area contributed by atoms with Gasteiger partial charge >= 0.3 is 5.97 Å². The standard InChI is InChI=1S/C12H8N2O3S/c15-11(16)8-3-6-4-13-9-2-1-7-10(14-5-17-7)12(6,9)18-8/h1-2,4-5,8H,3H2,(H,15,16). The second kappa shape index (κ2) is 3.14. The molecule has 1 N–H and O–H groups in total. The average molecular weight is 260 g/mol. The Bertz CT molecular complexity index is 658. The molecule has 0 aromatic carbocycles. The smallest absolute Gasteiger partial charge is 0.317 e. The summed E-state index contributed by atoms with van der Waals surface area (Å²) in [6, 6.07) is 0. The third kappa shape index (κ3) is 1.02. The maximum atomic E-state index is 11.2. The van der Waals surface area contributed by atoms with Gasteiger partial charge in [-0.15, -0.1) is 11.8 Å². The lowest BCUT2D eigenvalue weighted by atomic mass is 9.86. The lowest BCUT2D eigenvalue weighted by Crippen LogP contribution is -2.31. The Balaban J connectivity index is 1.92. The van der Waals surface area contributed by atoms with Crippen molar-refractivity contribution in [3.05, 3.63) is 35.7 Å². The zero-order valence-corrected chi connectivity index (χ0v) is 9.98. The molecule has 3 aliphatic rings. The number of carboxylic acids is 1. The Morgan fingerprint density at radius 3 is 3.28 bits per heavy atom. The fourth-order valence-corrected chi connectivity index (χ4v) is 4.29. The van der Waals surface area contributed by atoms with Crippen molar-refractivity contribution in [2.24, 2.45) is 4.99 Å². The maximum absolute atomic E-state index is 11.2. The number of aliphatic imine (C=N–C) groups is 1. The van der Waals surface area contributed by atoms with Crippen molar-refractivity contribution in [2.75, 3.05) is 0 Å². The second-order valence-electron chi connectivity index (χ2n) is 4.40. The van der Waals surface area contributed by atoms with E-state index in [1.807, 2.05) is 12.2 Å². The van der Waals surface area contributed by atoms with Gasteiger partial charge in [0.1, 0.15) is 15.7 Å². The van der Waals surface area contributed by atoms with Crippen LogP contribution in [0.25, 0.3) is 6.08 Å². The maximum Gasteiger partial charge on any atom is 0.317 e. The molecule has 6 heteroatoms. The number of aromatic nitrogens is 1. The molecule has 1 aromatic heterocycles. The highest BCUT2D eigenvalue weighted by Crippen LogP contribution is 2.58. The molecule has 2 aliphatic heterocycles. The molecule has 2 atom stereocenters. The topological polar surface area (TPSA) is 75.7 Å². The molecule has 18 heavy (non-hydrogen) atoms. The number of rotatable bonds is 1. The first kappa shape index (κ1) is 10.1. The molecule has 3 heterocycles. The summed E-state index contributed by atoms with van der Waals surface area (Å²) in [4.78, 5) is 19.9. The molecule has 1 aliphatic carbocycles. The van der Waals surface area contributed by atoms with Gasteiger partial charge in [0.25, 0.3) is 0 Å². The van der Waals surface area contributed by atoms with Crippen molar-refractivity contribution in [1.29, 1.82) is 0 Å². The van der Waals surface area contributed by atoms with Crippen LogP contribution in [0.1, 0.15) is 17.9 Å². The van der Waals surface area contributed by atoms with E-state index in [2.05, 4.69) is 9.98 Å². The van der Waals surface area contributed by atoms with E-state index in [4.69, 9.17) is 4.42 Å². The first-order valence-electron chi connectivity index (χ1n) is 5.52. The molecule has 90 valence electrons. The van der Waals surface area contributed by atoms with Crippen molar-refractivity contribution in [3.8, 4) is 0 Å². The summed E-state index contributed by atoms with van der Waals surface area (Å²) in [5, 5.41) is 8.76. The van der Waals surface area contributed by atoms with Crippen LogP contribution in [0.4, 0.5) is 0 Å². The van der Waals surface area contributed by atoms with Crippen LogP contribution in [0.2, 0.25) is 0 Å². The summed E-state index contributed by atoms with van der Waals surface area (Å²) in [6.45, 7) is 0. The zero-order chi connectivity index (χ0) is 12.3. The van der Waals surface area contributed by atoms with Gasteiger partial charge < -0.3 is 9.52 Å². The van der Waals surface area contributed by atoms with Gasteiger partial charge in [-0.2, -0.15) is 0 Å². The number of nitrogens with zero attached hydrogens (tertiary/aromatic N) is 2. The molecule has 1 aromatic rings. The van der Waals surface area contributed by atoms with Gasteiger partial charge in [-0.3, -0.25) is 9.79 Å². The third-order valence-corrected chi connectivity index (χ3v) is 5.16. The predicted molar refractivity (Wildman–Crippen MR) is 66.4 cm³/mol. The normalized spacial score (nSPS) is 31.4. The lowest BCUT2D eigenvalue weighted by molar-refractivity contribution is -0.136. The van der Waals surface area contributed by atoms with E-state index < -0.39 is 16.0 Å². The lowest BCUT2D eigenvalue weighted by Gasteiger charge is -2.27. The number of aliphatic carboxylic acids is 1. The number of fused-ring (bicyclic) bond motifs is 1. The number of hydrogen-bond donors (Lipinski definition) is 1. The summed E-state index contributed by atoms with van der Waals surface area (Å²) in [6.07, 6.45) is 7.40. The number of thioether (sulfide) groups is 1. The van der Waals surface area contributed by atoms with Gasteiger partial charge in [0.2, 0.25) is 0 Å². The van der Waals surface area contributed by atoms with Crippen LogP contribution in [0, 0.1) is 0 Å². The highest BCUT2D eigenvalue weighted by Gasteiger charge is 2.56. The van der Waals surface area contributed by atoms with Crippen LogP contribution in [-0.2, 0) is 9.54 Å². The fraction of sp³-hybridized carbons (Fsp3) is 0.250. The molecular weight excluding hydrogens is 252 g/mol. The van der Waals surface area contributed by atoms with Gasteiger partial charge in [0, 0.05) is 6.20 Å². The minimum atomic E-state index is -0.788. The highest BCUT2D eigenvalue weighted by molar-refractivity contribution is 8.02. The van der Waals surface area contributed by atoms with Crippen LogP contribution >= 0.6 is 11.8 Å². The molecule has 0 saturated carbocycles. The van der Waals surface area contributed by atoms with E-state index in [9.17, 15) is 9.90 Å². The Morgan fingerprint density at radius 2 is 2.44 bits per heavy atom. The van der Waals surface area contributed by atoms with E-state index in [-0.39, 0.29) is 0 Å². The number of carboxylic acid groups (broad SMARTS) is 1. The van der Waals surface area contributed by atoms with Crippen LogP contribution in [0.15, 0.2) is 33.7 Å². The van der Waals surface area contributed by atoms with Crippen molar-refractivity contribution in [3.63, 3.8) is 0 Å². The van der Waals surface area contributed by atoms with E-state index in [0.29, 0.717) is 12.2 Å². The van der Waals surface area contributed by atoms with E-state index in [1.54, 1.807) is 6.20 Å². The van der Waals surface area contributed by atoms with E-state index in [1.165, 1.54) is 18.2 Å². The zero-order valence-electron chi connectivity index (χ0n) is 9.16. The molecule has 4 rings (SSSR count). The Morgan fingerprint density at radius 1 is 1.56 bits per heavy atom. The van der Waals surface area contributed by atoms with Crippen molar-refractivity contribution >= 4 is 29.5 Å². The van der Waals surface area contributed by atoms with Crippen molar-refractivity contribution in [2.45, 2.75) is 16.4 Å². The van der Waals surface area contributed by atoms with Crippen LogP contribution in [-0.4, -0.2) is 27.0 Å². The minimum Gasteiger partial charge on any atom is -0.480 e. The summed E-state index contributed by atoms with van der Waals surface area (Å²) in [5.41, 5.74) is 2.64. The second-order valence-corrected chi connectivity index (χ2v) is 5.81. The number of carbonyl (C=O) groups is 1. The SMILES string of the molecule is O=C(O)C1CC2=CN=C3C=Cc4ocnc4C23S1. The fourth-order valence-electron chi connectivity index (χ4n) is 2.70. The van der Waals surface area contributed by atoms with Gasteiger partial charge in [0.05, 0.1) is 5.71 Å². The summed E-state index contributed by atoms with van der Waals surface area (Å²) in [5.74, 6) is -0.0936. The Labute approximate surface area is 106 Å². The predicted octanol–water partition coefficient (Wildman–Crippen LogP) is 1.83. The van der Waals surface area contributed by atoms with Crippen molar-refractivity contribution < 1.29 is 14.3 Å². The molecule has 0 amide bonds. The summed E-state index contributed by atoms with van der Waals surface area (Å²) < 4.78 is 4.79. The highest BCUT2D eigenvalue weighted by atomic mass is 32.2. The monoisotopic (exact) mass is 260 g/mol. The van der Waals surface area contributed by atoms with E-state index in [0.717, 1.165) is 17.0 Å². The molecule has 2 unspecified atom stereocenters. The van der Waals surface area contributed by atoms with Gasteiger partial charge in [-0.25, -0.2) is 4.98 Å². The summed E-state index contributed by atoms with van der Waals surface area (Å²) in [7, 11) is 0. The van der Waals surface area contributed by atoms with Gasteiger partial charge in [0.15, 0.2) is 12.2 Å². The first-order chi connectivity index (χ1) is 8.72. The van der Waals surface area contributed by atoms with Crippen molar-refractivity contribution in [1.82, 2.24) is 4.98 Å². The van der Waals surface area contributed by atoms with Crippen LogP contribution in [0.5, 0.6) is 0 Å². The molecule has 1 spiro atoms. The average Bonchev–Trinajstić information content (AvgIpc) is 2.99. The molecule has 1 saturated heterocycles. The molecule has 0 bridgehead atoms. The minimum absolute atomic E-state index is 0.446. The molecule has 0 radical (unpaired) electrons. The third-order valence-electron chi connectivity index (χ3n) is 3.49. The first-order valence-corrected chi connectivity index (χ1v) is 6.40. The Kier molecular flexibility index (Phi) is 1.77. The number of allylic oxidation sites excluding steroid dienone is 1. The van der Waals surface area contributed by atoms with E-state index >= 15 is 0 Å². The van der Waals surface area contributed by atoms with Gasteiger partial charge in [-0.05, 0) is 24.1 Å². The molecular formula is C12H8N2O3S. The van der Waals surface area contributed by atoms with Crippen LogP contribution in [0.3, 0.4) is 0 Å². The van der Waals surface area contributed by atoms with Crippen LogP contribution < -0.4 is 0 Å². The number of oxazole rings is 1. The Hall–Kier alpha value is -1.82. The molecule has 5 nitrogen and oxygen atoms in total.